The van der Waals surface area contributed by atoms with Crippen molar-refractivity contribution in [1.82, 2.24) is 15.2 Å². The van der Waals surface area contributed by atoms with E-state index in [-0.39, 0.29) is 0 Å². The number of aryl methyl sites for hydroxylation is 1. The first-order valence-corrected chi connectivity index (χ1v) is 7.25. The minimum absolute atomic E-state index is 0.323. The maximum absolute atomic E-state index is 9.93. The third-order valence-corrected chi connectivity index (χ3v) is 3.92. The summed E-state index contributed by atoms with van der Waals surface area (Å²) in [4.78, 5) is 6.95. The summed E-state index contributed by atoms with van der Waals surface area (Å²) in [7, 11) is 2.00. The Kier molecular flexibility index (Phi) is 5.16. The van der Waals surface area contributed by atoms with Gasteiger partial charge < -0.3 is 10.4 Å². The molecule has 0 amide bonds. The molecule has 2 rings (SSSR count). The number of nitrogens with zero attached hydrogens (tertiary/aromatic N) is 2. The van der Waals surface area contributed by atoms with E-state index < -0.39 is 0 Å². The molecule has 0 aliphatic carbocycles. The SMILES string of the molecule is CNCCC1CCCCN1Cc1nc(C)ccc1O. The van der Waals surface area contributed by atoms with Crippen molar-refractivity contribution in [3.63, 3.8) is 0 Å². The van der Waals surface area contributed by atoms with Crippen LogP contribution in [0, 0.1) is 6.92 Å². The average Bonchev–Trinajstić information content (AvgIpc) is 2.42. The molecule has 0 saturated carbocycles. The number of aromatic hydroxyl groups is 1. The zero-order chi connectivity index (χ0) is 13.7. The van der Waals surface area contributed by atoms with Crippen LogP contribution < -0.4 is 5.32 Å². The second kappa shape index (κ2) is 6.87. The molecule has 0 radical (unpaired) electrons. The second-order valence-electron chi connectivity index (χ2n) is 5.43. The summed E-state index contributed by atoms with van der Waals surface area (Å²) in [6.45, 7) is 4.90. The molecule has 1 fully saturated rings. The minimum Gasteiger partial charge on any atom is -0.506 e. The van der Waals surface area contributed by atoms with Crippen molar-refractivity contribution in [2.24, 2.45) is 0 Å². The van der Waals surface area contributed by atoms with E-state index in [9.17, 15) is 5.11 Å². The smallest absolute Gasteiger partial charge is 0.138 e. The third kappa shape index (κ3) is 3.91. The zero-order valence-electron chi connectivity index (χ0n) is 12.0. The summed E-state index contributed by atoms with van der Waals surface area (Å²) in [6, 6.07) is 4.22. The van der Waals surface area contributed by atoms with Crippen LogP contribution in [0.5, 0.6) is 5.75 Å². The number of piperidine rings is 1. The minimum atomic E-state index is 0.323. The van der Waals surface area contributed by atoms with Gasteiger partial charge in [-0.3, -0.25) is 9.88 Å². The standard InChI is InChI=1S/C15H25N3O/c1-12-6-7-15(19)14(17-12)11-18-10-4-3-5-13(18)8-9-16-2/h6-7,13,16,19H,3-5,8-11H2,1-2H3. The van der Waals surface area contributed by atoms with E-state index >= 15 is 0 Å². The van der Waals surface area contributed by atoms with E-state index in [1.54, 1.807) is 6.07 Å². The maximum atomic E-state index is 9.93. The van der Waals surface area contributed by atoms with Gasteiger partial charge in [0.2, 0.25) is 0 Å². The van der Waals surface area contributed by atoms with Crippen LogP contribution in [0.2, 0.25) is 0 Å². The number of pyridine rings is 1. The van der Waals surface area contributed by atoms with E-state index in [0.717, 1.165) is 31.0 Å². The molecule has 0 bridgehead atoms. The number of hydrogen-bond acceptors (Lipinski definition) is 4. The van der Waals surface area contributed by atoms with E-state index in [1.807, 2.05) is 20.0 Å². The van der Waals surface area contributed by atoms with Crippen LogP contribution in [-0.2, 0) is 6.54 Å². The number of nitrogens with one attached hydrogen (secondary N) is 1. The van der Waals surface area contributed by atoms with Gasteiger partial charge in [0.1, 0.15) is 5.75 Å². The predicted octanol–water partition coefficient (Wildman–Crippen LogP) is 2.06. The summed E-state index contributed by atoms with van der Waals surface area (Å²) in [5.41, 5.74) is 1.79. The highest BCUT2D eigenvalue weighted by Crippen LogP contribution is 2.24. The number of rotatable bonds is 5. The molecule has 1 aromatic heterocycles. The Balaban J connectivity index is 2.04. The number of hydrogen-bond donors (Lipinski definition) is 2. The Hall–Kier alpha value is -1.13. The second-order valence-corrected chi connectivity index (χ2v) is 5.43. The molecule has 0 spiro atoms. The van der Waals surface area contributed by atoms with Crippen LogP contribution in [0.15, 0.2) is 12.1 Å². The van der Waals surface area contributed by atoms with Crippen LogP contribution in [0.3, 0.4) is 0 Å². The Labute approximate surface area is 115 Å². The molecule has 2 N–H and O–H groups in total. The van der Waals surface area contributed by atoms with Crippen molar-refractivity contribution >= 4 is 0 Å². The van der Waals surface area contributed by atoms with Crippen molar-refractivity contribution in [3.8, 4) is 5.75 Å². The van der Waals surface area contributed by atoms with Gasteiger partial charge in [0, 0.05) is 18.3 Å². The molecule has 4 nitrogen and oxygen atoms in total. The number of likely N-dealkylation sites (tertiary alicyclic amines) is 1. The zero-order valence-corrected chi connectivity index (χ0v) is 12.0. The highest BCUT2D eigenvalue weighted by molar-refractivity contribution is 5.27. The van der Waals surface area contributed by atoms with Gasteiger partial charge >= 0.3 is 0 Å². The van der Waals surface area contributed by atoms with Crippen LogP contribution in [0.25, 0.3) is 0 Å². The van der Waals surface area contributed by atoms with Gasteiger partial charge in [-0.05, 0) is 58.5 Å². The average molecular weight is 263 g/mol. The fourth-order valence-corrected chi connectivity index (χ4v) is 2.82. The van der Waals surface area contributed by atoms with E-state index in [1.165, 1.54) is 25.7 Å². The van der Waals surface area contributed by atoms with Gasteiger partial charge in [-0.1, -0.05) is 6.42 Å². The molecule has 1 aromatic rings. The van der Waals surface area contributed by atoms with E-state index in [2.05, 4.69) is 15.2 Å². The highest BCUT2D eigenvalue weighted by Gasteiger charge is 2.23. The fourth-order valence-electron chi connectivity index (χ4n) is 2.82. The molecule has 4 heteroatoms. The van der Waals surface area contributed by atoms with Crippen LogP contribution in [0.4, 0.5) is 0 Å². The van der Waals surface area contributed by atoms with Crippen LogP contribution in [-0.4, -0.2) is 41.2 Å². The van der Waals surface area contributed by atoms with E-state index in [0.29, 0.717) is 11.8 Å². The highest BCUT2D eigenvalue weighted by atomic mass is 16.3. The summed E-state index contributed by atoms with van der Waals surface area (Å²) in [5.74, 6) is 0.323. The van der Waals surface area contributed by atoms with Crippen molar-refractivity contribution in [1.29, 1.82) is 0 Å². The van der Waals surface area contributed by atoms with Crippen LogP contribution in [0.1, 0.15) is 37.1 Å². The topological polar surface area (TPSA) is 48.4 Å². The lowest BCUT2D eigenvalue weighted by molar-refractivity contribution is 0.129. The van der Waals surface area contributed by atoms with Crippen molar-refractivity contribution in [2.45, 2.75) is 45.2 Å². The molecule has 19 heavy (non-hydrogen) atoms. The Morgan fingerprint density at radius 2 is 2.26 bits per heavy atom. The predicted molar refractivity (Wildman–Crippen MR) is 77.2 cm³/mol. The molecule has 0 aromatic carbocycles. The first kappa shape index (κ1) is 14.3. The lowest BCUT2D eigenvalue weighted by Crippen LogP contribution is -2.40. The maximum Gasteiger partial charge on any atom is 0.138 e. The lowest BCUT2D eigenvalue weighted by Gasteiger charge is -2.35. The van der Waals surface area contributed by atoms with Gasteiger partial charge in [0.05, 0.1) is 5.69 Å². The van der Waals surface area contributed by atoms with Crippen molar-refractivity contribution in [3.05, 3.63) is 23.5 Å². The number of aromatic nitrogens is 1. The van der Waals surface area contributed by atoms with Crippen molar-refractivity contribution in [2.75, 3.05) is 20.1 Å². The van der Waals surface area contributed by atoms with Gasteiger partial charge in [-0.2, -0.15) is 0 Å². The molecule has 2 heterocycles. The molecule has 1 aliphatic heterocycles. The van der Waals surface area contributed by atoms with Crippen molar-refractivity contribution < 1.29 is 5.11 Å². The first-order valence-electron chi connectivity index (χ1n) is 7.25. The Morgan fingerprint density at radius 1 is 1.42 bits per heavy atom. The molecular formula is C15H25N3O. The Bertz CT molecular complexity index is 408. The van der Waals surface area contributed by atoms with Gasteiger partial charge in [0.15, 0.2) is 0 Å². The van der Waals surface area contributed by atoms with Crippen LogP contribution >= 0.6 is 0 Å². The molecular weight excluding hydrogens is 238 g/mol. The molecule has 1 unspecified atom stereocenters. The normalized spacial score (nSPS) is 20.6. The molecule has 1 aliphatic rings. The molecule has 1 saturated heterocycles. The summed E-state index contributed by atoms with van der Waals surface area (Å²) >= 11 is 0. The molecule has 1 atom stereocenters. The summed E-state index contributed by atoms with van der Waals surface area (Å²) in [6.07, 6.45) is 5.00. The van der Waals surface area contributed by atoms with Gasteiger partial charge in [-0.25, -0.2) is 0 Å². The monoisotopic (exact) mass is 263 g/mol. The van der Waals surface area contributed by atoms with E-state index in [4.69, 9.17) is 0 Å². The van der Waals surface area contributed by atoms with Gasteiger partial charge in [-0.15, -0.1) is 0 Å². The summed E-state index contributed by atoms with van der Waals surface area (Å²) < 4.78 is 0. The first-order chi connectivity index (χ1) is 9.20. The lowest BCUT2D eigenvalue weighted by atomic mass is 9.99. The van der Waals surface area contributed by atoms with Gasteiger partial charge in [0.25, 0.3) is 0 Å². The quantitative estimate of drug-likeness (QED) is 0.853. The molecule has 106 valence electrons. The Morgan fingerprint density at radius 3 is 3.05 bits per heavy atom. The largest absolute Gasteiger partial charge is 0.506 e. The third-order valence-electron chi connectivity index (χ3n) is 3.92. The fraction of sp³-hybridized carbons (Fsp3) is 0.667. The summed E-state index contributed by atoms with van der Waals surface area (Å²) in [5, 5.41) is 13.2.